The molecule has 9 N–H and O–H groups in total. The molecule has 0 saturated heterocycles. The standard InChI is InChI=1S/C19H32N4O/c1-18-8-12(20)15-10(11(18)5-6-14(18)21)4-3-9-7-13(24)16(22)17(23)19(9,15)2/h3-4,11-17,24H,5-8,20-23H2,1-2H3. The number of hydrogen-bond donors (Lipinski definition) is 5. The van der Waals surface area contributed by atoms with E-state index in [4.69, 9.17) is 22.9 Å². The van der Waals surface area contributed by atoms with Gasteiger partial charge < -0.3 is 28.0 Å². The van der Waals surface area contributed by atoms with Crippen molar-refractivity contribution in [1.29, 1.82) is 0 Å². The molecule has 3 saturated carbocycles. The first kappa shape index (κ1) is 16.7. The summed E-state index contributed by atoms with van der Waals surface area (Å²) in [5.74, 6) is 0.691. The largest absolute Gasteiger partial charge is 0.391 e. The van der Waals surface area contributed by atoms with Gasteiger partial charge in [0, 0.05) is 35.5 Å². The van der Waals surface area contributed by atoms with E-state index in [1.807, 2.05) is 0 Å². The monoisotopic (exact) mass is 332 g/mol. The van der Waals surface area contributed by atoms with Crippen molar-refractivity contribution in [1.82, 2.24) is 0 Å². The van der Waals surface area contributed by atoms with E-state index in [2.05, 4.69) is 26.0 Å². The Morgan fingerprint density at radius 2 is 1.79 bits per heavy atom. The van der Waals surface area contributed by atoms with Crippen LogP contribution in [0, 0.1) is 22.7 Å². The van der Waals surface area contributed by atoms with Crippen molar-refractivity contribution < 1.29 is 5.11 Å². The van der Waals surface area contributed by atoms with Crippen molar-refractivity contribution in [3.05, 3.63) is 23.3 Å². The molecule has 0 amide bonds. The average molecular weight is 332 g/mol. The number of fused-ring (bicyclic) bond motifs is 5. The zero-order valence-corrected chi connectivity index (χ0v) is 14.8. The maximum atomic E-state index is 10.3. The second kappa shape index (κ2) is 5.15. The third kappa shape index (κ3) is 1.88. The van der Waals surface area contributed by atoms with E-state index in [-0.39, 0.29) is 34.9 Å². The average Bonchev–Trinajstić information content (AvgIpc) is 2.82. The van der Waals surface area contributed by atoms with Crippen LogP contribution in [-0.4, -0.2) is 35.4 Å². The molecule has 4 aliphatic rings. The lowest BCUT2D eigenvalue weighted by Gasteiger charge is -2.59. The summed E-state index contributed by atoms with van der Waals surface area (Å²) >= 11 is 0. The van der Waals surface area contributed by atoms with Crippen LogP contribution in [0.4, 0.5) is 0 Å². The summed E-state index contributed by atoms with van der Waals surface area (Å²) in [6, 6.07) is -0.439. The summed E-state index contributed by atoms with van der Waals surface area (Å²) in [5.41, 5.74) is 28.5. The summed E-state index contributed by atoms with van der Waals surface area (Å²) in [6.45, 7) is 4.52. The SMILES string of the molecule is CC12CC(N)C3C(=CC=C4CC(O)C(N)C(N)C43C)C1CCC2N. The second-order valence-corrected chi connectivity index (χ2v) is 9.10. The zero-order valence-electron chi connectivity index (χ0n) is 14.8. The minimum atomic E-state index is -0.570. The summed E-state index contributed by atoms with van der Waals surface area (Å²) in [7, 11) is 0. The maximum Gasteiger partial charge on any atom is 0.0743 e. The predicted octanol–water partition coefficient (Wildman–Crippen LogP) is 0.369. The molecule has 0 heterocycles. The van der Waals surface area contributed by atoms with Crippen LogP contribution < -0.4 is 22.9 Å². The number of aliphatic hydroxyl groups excluding tert-OH is 1. The van der Waals surface area contributed by atoms with Crippen molar-refractivity contribution in [3.63, 3.8) is 0 Å². The van der Waals surface area contributed by atoms with E-state index < -0.39 is 12.1 Å². The fourth-order valence-electron chi connectivity index (χ4n) is 6.49. The van der Waals surface area contributed by atoms with Gasteiger partial charge in [-0.1, -0.05) is 37.1 Å². The minimum Gasteiger partial charge on any atom is -0.391 e. The Kier molecular flexibility index (Phi) is 3.59. The molecule has 5 nitrogen and oxygen atoms in total. The molecule has 0 aliphatic heterocycles. The molecule has 24 heavy (non-hydrogen) atoms. The van der Waals surface area contributed by atoms with Crippen molar-refractivity contribution in [2.75, 3.05) is 0 Å². The van der Waals surface area contributed by atoms with Crippen LogP contribution in [0.2, 0.25) is 0 Å². The molecule has 3 fully saturated rings. The Hall–Kier alpha value is -0.720. The minimum absolute atomic E-state index is 0.0313. The van der Waals surface area contributed by atoms with E-state index in [1.54, 1.807) is 0 Å². The zero-order chi connectivity index (χ0) is 17.4. The van der Waals surface area contributed by atoms with Gasteiger partial charge in [0.25, 0.3) is 0 Å². The number of nitrogens with two attached hydrogens (primary N) is 4. The first-order chi connectivity index (χ1) is 11.2. The molecular weight excluding hydrogens is 300 g/mol. The molecule has 134 valence electrons. The van der Waals surface area contributed by atoms with Crippen LogP contribution >= 0.6 is 0 Å². The van der Waals surface area contributed by atoms with Gasteiger partial charge in [-0.3, -0.25) is 0 Å². The van der Waals surface area contributed by atoms with E-state index in [0.717, 1.165) is 19.3 Å². The molecule has 5 heteroatoms. The fourth-order valence-corrected chi connectivity index (χ4v) is 6.49. The quantitative estimate of drug-likeness (QED) is 0.438. The summed E-state index contributed by atoms with van der Waals surface area (Å²) in [6.07, 6.45) is 7.61. The lowest BCUT2D eigenvalue weighted by Crippen LogP contribution is -2.68. The lowest BCUT2D eigenvalue weighted by molar-refractivity contribution is 0.0162. The van der Waals surface area contributed by atoms with Gasteiger partial charge in [-0.2, -0.15) is 0 Å². The van der Waals surface area contributed by atoms with Crippen LogP contribution in [0.15, 0.2) is 23.3 Å². The van der Waals surface area contributed by atoms with Crippen LogP contribution in [0.25, 0.3) is 0 Å². The third-order valence-corrected chi connectivity index (χ3v) is 8.07. The van der Waals surface area contributed by atoms with Gasteiger partial charge in [0.2, 0.25) is 0 Å². The molecule has 4 rings (SSSR count). The molecule has 0 bridgehead atoms. The second-order valence-electron chi connectivity index (χ2n) is 9.10. The van der Waals surface area contributed by atoms with Gasteiger partial charge in [0.05, 0.1) is 6.10 Å². The first-order valence-corrected chi connectivity index (χ1v) is 9.32. The number of rotatable bonds is 0. The molecule has 0 aromatic rings. The van der Waals surface area contributed by atoms with Gasteiger partial charge in [-0.15, -0.1) is 0 Å². The smallest absolute Gasteiger partial charge is 0.0743 e. The molecule has 0 radical (unpaired) electrons. The highest BCUT2D eigenvalue weighted by Crippen LogP contribution is 2.62. The summed E-state index contributed by atoms with van der Waals surface area (Å²) in [4.78, 5) is 0. The Morgan fingerprint density at radius 3 is 2.50 bits per heavy atom. The molecule has 0 aromatic heterocycles. The highest BCUT2D eigenvalue weighted by molar-refractivity contribution is 5.42. The van der Waals surface area contributed by atoms with Crippen LogP contribution in [0.3, 0.4) is 0 Å². The van der Waals surface area contributed by atoms with Gasteiger partial charge in [0.15, 0.2) is 0 Å². The predicted molar refractivity (Wildman–Crippen MR) is 95.7 cm³/mol. The topological polar surface area (TPSA) is 124 Å². The number of aliphatic hydroxyl groups is 1. The number of hydrogen-bond acceptors (Lipinski definition) is 5. The van der Waals surface area contributed by atoms with E-state index in [0.29, 0.717) is 12.3 Å². The Bertz CT molecular complexity index is 616. The normalized spacial score (nSPS) is 56.7. The van der Waals surface area contributed by atoms with Crippen LogP contribution in [0.5, 0.6) is 0 Å². The Morgan fingerprint density at radius 1 is 1.08 bits per heavy atom. The Balaban J connectivity index is 1.82. The lowest BCUT2D eigenvalue weighted by atomic mass is 9.48. The van der Waals surface area contributed by atoms with Crippen LogP contribution in [-0.2, 0) is 0 Å². The molecule has 9 unspecified atom stereocenters. The first-order valence-electron chi connectivity index (χ1n) is 9.32. The molecule has 4 aliphatic carbocycles. The molecule has 0 aromatic carbocycles. The van der Waals surface area contributed by atoms with Gasteiger partial charge in [0.1, 0.15) is 0 Å². The van der Waals surface area contributed by atoms with Gasteiger partial charge in [-0.25, -0.2) is 0 Å². The molecule has 9 atom stereocenters. The highest BCUT2D eigenvalue weighted by atomic mass is 16.3. The summed E-state index contributed by atoms with van der Waals surface area (Å²) < 4.78 is 0. The molecular formula is C19H32N4O. The highest BCUT2D eigenvalue weighted by Gasteiger charge is 2.61. The van der Waals surface area contributed by atoms with Gasteiger partial charge >= 0.3 is 0 Å². The van der Waals surface area contributed by atoms with Crippen molar-refractivity contribution in [2.45, 2.75) is 69.8 Å². The third-order valence-electron chi connectivity index (χ3n) is 8.07. The van der Waals surface area contributed by atoms with Crippen LogP contribution in [0.1, 0.15) is 39.5 Å². The van der Waals surface area contributed by atoms with Crippen molar-refractivity contribution in [2.24, 2.45) is 45.6 Å². The maximum absolute atomic E-state index is 10.3. The van der Waals surface area contributed by atoms with E-state index >= 15 is 0 Å². The fraction of sp³-hybridized carbons (Fsp3) is 0.789. The molecule has 0 spiro atoms. The van der Waals surface area contributed by atoms with Gasteiger partial charge in [-0.05, 0) is 37.0 Å². The van der Waals surface area contributed by atoms with Crippen molar-refractivity contribution >= 4 is 0 Å². The number of allylic oxidation sites excluding steroid dienone is 2. The summed E-state index contributed by atoms with van der Waals surface area (Å²) in [5, 5.41) is 10.3. The van der Waals surface area contributed by atoms with Crippen molar-refractivity contribution in [3.8, 4) is 0 Å². The van der Waals surface area contributed by atoms with E-state index in [1.165, 1.54) is 11.1 Å². The van der Waals surface area contributed by atoms with E-state index in [9.17, 15) is 5.11 Å². The Labute approximate surface area is 144 Å².